The minimum absolute atomic E-state index is 0.623. The molecule has 0 atom stereocenters. The molecule has 0 unspecified atom stereocenters. The highest BCUT2D eigenvalue weighted by molar-refractivity contribution is 5.99. The Labute approximate surface area is 149 Å². The van der Waals surface area contributed by atoms with Gasteiger partial charge in [-0.2, -0.15) is 0 Å². The lowest BCUT2D eigenvalue weighted by Gasteiger charge is -2.25. The highest BCUT2D eigenvalue weighted by Gasteiger charge is 2.33. The van der Waals surface area contributed by atoms with Crippen LogP contribution in [-0.2, 0) is 15.3 Å². The van der Waals surface area contributed by atoms with Gasteiger partial charge in [0.25, 0.3) is 0 Å². The fourth-order valence-corrected chi connectivity index (χ4v) is 4.01. The Bertz CT molecular complexity index is 926. The molecule has 3 aromatic rings. The third kappa shape index (κ3) is 2.66. The van der Waals surface area contributed by atoms with Crippen LogP contribution in [0, 0.1) is 20.8 Å². The van der Waals surface area contributed by atoms with Crippen LogP contribution in [0.4, 0.5) is 0 Å². The van der Waals surface area contributed by atoms with Crippen LogP contribution in [0.25, 0.3) is 21.9 Å². The van der Waals surface area contributed by atoms with Crippen LogP contribution in [-0.4, -0.2) is 13.2 Å². The number of ether oxygens (including phenoxy) is 2. The first-order valence-corrected chi connectivity index (χ1v) is 8.88. The predicted molar refractivity (Wildman–Crippen MR) is 103 cm³/mol. The maximum Gasteiger partial charge on any atom is 0.192 e. The van der Waals surface area contributed by atoms with E-state index in [-0.39, 0.29) is 0 Å². The Hall–Kier alpha value is -2.16. The molecule has 2 nitrogen and oxygen atoms in total. The Morgan fingerprint density at radius 1 is 0.760 bits per heavy atom. The third-order valence-corrected chi connectivity index (χ3v) is 5.28. The van der Waals surface area contributed by atoms with E-state index in [0.717, 1.165) is 5.56 Å². The van der Waals surface area contributed by atoms with Crippen molar-refractivity contribution in [3.8, 4) is 11.1 Å². The Morgan fingerprint density at radius 3 is 2.08 bits per heavy atom. The second-order valence-corrected chi connectivity index (χ2v) is 7.11. The van der Waals surface area contributed by atoms with Crippen molar-refractivity contribution >= 4 is 10.8 Å². The second-order valence-electron chi connectivity index (χ2n) is 7.11. The van der Waals surface area contributed by atoms with Crippen molar-refractivity contribution in [1.82, 2.24) is 0 Å². The van der Waals surface area contributed by atoms with Crippen LogP contribution in [0.5, 0.6) is 0 Å². The van der Waals surface area contributed by atoms with E-state index in [0.29, 0.717) is 13.2 Å². The van der Waals surface area contributed by atoms with Gasteiger partial charge in [-0.3, -0.25) is 0 Å². The van der Waals surface area contributed by atoms with Crippen molar-refractivity contribution in [3.05, 3.63) is 70.8 Å². The molecular formula is C23H24O2. The summed E-state index contributed by atoms with van der Waals surface area (Å²) in [6.45, 7) is 9.88. The van der Waals surface area contributed by atoms with Crippen LogP contribution in [0.15, 0.2) is 48.5 Å². The Balaban J connectivity index is 1.94. The van der Waals surface area contributed by atoms with Crippen molar-refractivity contribution in [2.45, 2.75) is 33.5 Å². The molecule has 0 aliphatic carbocycles. The largest absolute Gasteiger partial charge is 0.344 e. The van der Waals surface area contributed by atoms with Crippen LogP contribution in [0.2, 0.25) is 0 Å². The molecule has 0 saturated carbocycles. The lowest BCUT2D eigenvalue weighted by atomic mass is 9.86. The zero-order chi connectivity index (χ0) is 17.6. The molecule has 0 radical (unpaired) electrons. The normalized spacial score (nSPS) is 16.5. The van der Waals surface area contributed by atoms with Gasteiger partial charge in [-0.1, -0.05) is 48.5 Å². The SMILES string of the molecule is Cc1cc(C2(C)OCCO2)cc(C)c1-c1c(C)ccc2ccccc12. The number of benzene rings is 3. The minimum atomic E-state index is -0.623. The van der Waals surface area contributed by atoms with Gasteiger partial charge in [-0.05, 0) is 66.3 Å². The van der Waals surface area contributed by atoms with E-state index in [9.17, 15) is 0 Å². The number of fused-ring (bicyclic) bond motifs is 1. The highest BCUT2D eigenvalue weighted by atomic mass is 16.7. The summed E-state index contributed by atoms with van der Waals surface area (Å²) in [5, 5.41) is 2.58. The lowest BCUT2D eigenvalue weighted by molar-refractivity contribution is -0.149. The van der Waals surface area contributed by atoms with Crippen molar-refractivity contribution < 1.29 is 9.47 Å². The molecule has 1 heterocycles. The van der Waals surface area contributed by atoms with Crippen molar-refractivity contribution in [2.75, 3.05) is 13.2 Å². The average Bonchev–Trinajstić information content (AvgIpc) is 3.04. The van der Waals surface area contributed by atoms with E-state index in [1.54, 1.807) is 0 Å². The molecule has 0 N–H and O–H groups in total. The molecule has 1 aliphatic rings. The molecular weight excluding hydrogens is 308 g/mol. The lowest BCUT2D eigenvalue weighted by Crippen LogP contribution is -2.22. The molecule has 0 spiro atoms. The first-order chi connectivity index (χ1) is 12.0. The van der Waals surface area contributed by atoms with Crippen molar-refractivity contribution in [3.63, 3.8) is 0 Å². The quantitative estimate of drug-likeness (QED) is 0.603. The molecule has 25 heavy (non-hydrogen) atoms. The van der Waals surface area contributed by atoms with Gasteiger partial charge < -0.3 is 9.47 Å². The molecule has 0 bridgehead atoms. The predicted octanol–water partition coefficient (Wildman–Crippen LogP) is 5.65. The van der Waals surface area contributed by atoms with E-state index in [4.69, 9.17) is 9.47 Å². The van der Waals surface area contributed by atoms with Gasteiger partial charge in [0.1, 0.15) is 0 Å². The minimum Gasteiger partial charge on any atom is -0.344 e. The average molecular weight is 332 g/mol. The molecule has 4 rings (SSSR count). The topological polar surface area (TPSA) is 18.5 Å². The standard InChI is InChI=1S/C23H24O2/c1-15-9-10-18-7-5-6-8-20(18)22(15)21-16(2)13-19(14-17(21)3)23(4)24-11-12-25-23/h5-10,13-14H,11-12H2,1-4H3. The van der Waals surface area contributed by atoms with E-state index in [1.807, 2.05) is 6.92 Å². The van der Waals surface area contributed by atoms with Gasteiger partial charge in [0.05, 0.1) is 13.2 Å². The van der Waals surface area contributed by atoms with E-state index < -0.39 is 5.79 Å². The molecule has 0 amide bonds. The van der Waals surface area contributed by atoms with Crippen LogP contribution in [0.3, 0.4) is 0 Å². The molecule has 2 heteroatoms. The maximum absolute atomic E-state index is 5.85. The van der Waals surface area contributed by atoms with Gasteiger partial charge in [-0.25, -0.2) is 0 Å². The van der Waals surface area contributed by atoms with E-state index in [1.165, 1.54) is 38.6 Å². The Morgan fingerprint density at radius 2 is 1.40 bits per heavy atom. The second kappa shape index (κ2) is 5.98. The number of hydrogen-bond donors (Lipinski definition) is 0. The summed E-state index contributed by atoms with van der Waals surface area (Å²) in [5.41, 5.74) is 7.57. The summed E-state index contributed by atoms with van der Waals surface area (Å²) >= 11 is 0. The molecule has 1 aliphatic heterocycles. The summed E-state index contributed by atoms with van der Waals surface area (Å²) in [6, 6.07) is 17.5. The van der Waals surface area contributed by atoms with E-state index in [2.05, 4.69) is 69.3 Å². The summed E-state index contributed by atoms with van der Waals surface area (Å²) in [4.78, 5) is 0. The third-order valence-electron chi connectivity index (χ3n) is 5.28. The monoisotopic (exact) mass is 332 g/mol. The summed E-state index contributed by atoms with van der Waals surface area (Å²) in [5.74, 6) is -0.623. The molecule has 3 aromatic carbocycles. The smallest absolute Gasteiger partial charge is 0.192 e. The highest BCUT2D eigenvalue weighted by Crippen LogP contribution is 2.39. The maximum atomic E-state index is 5.85. The number of hydrogen-bond acceptors (Lipinski definition) is 2. The van der Waals surface area contributed by atoms with Crippen molar-refractivity contribution in [2.24, 2.45) is 0 Å². The number of rotatable bonds is 2. The first-order valence-electron chi connectivity index (χ1n) is 8.88. The van der Waals surface area contributed by atoms with Crippen molar-refractivity contribution in [1.29, 1.82) is 0 Å². The number of aryl methyl sites for hydroxylation is 3. The summed E-state index contributed by atoms with van der Waals surface area (Å²) in [6.07, 6.45) is 0. The van der Waals surface area contributed by atoms with Gasteiger partial charge in [0, 0.05) is 5.56 Å². The van der Waals surface area contributed by atoms with Crippen LogP contribution < -0.4 is 0 Å². The Kier molecular flexibility index (Phi) is 3.90. The fourth-order valence-electron chi connectivity index (χ4n) is 4.01. The molecule has 1 saturated heterocycles. The fraction of sp³-hybridized carbons (Fsp3) is 0.304. The van der Waals surface area contributed by atoms with Gasteiger partial charge >= 0.3 is 0 Å². The van der Waals surface area contributed by atoms with Gasteiger partial charge in [0.2, 0.25) is 0 Å². The first kappa shape index (κ1) is 16.3. The zero-order valence-corrected chi connectivity index (χ0v) is 15.3. The van der Waals surface area contributed by atoms with Gasteiger partial charge in [0.15, 0.2) is 5.79 Å². The summed E-state index contributed by atoms with van der Waals surface area (Å²) < 4.78 is 11.7. The summed E-state index contributed by atoms with van der Waals surface area (Å²) in [7, 11) is 0. The van der Waals surface area contributed by atoms with Gasteiger partial charge in [-0.15, -0.1) is 0 Å². The molecule has 0 aromatic heterocycles. The van der Waals surface area contributed by atoms with Crippen LogP contribution in [0.1, 0.15) is 29.2 Å². The van der Waals surface area contributed by atoms with Crippen LogP contribution >= 0.6 is 0 Å². The zero-order valence-electron chi connectivity index (χ0n) is 15.3. The molecule has 1 fully saturated rings. The molecule has 128 valence electrons. The van der Waals surface area contributed by atoms with E-state index >= 15 is 0 Å².